The Morgan fingerprint density at radius 3 is 2.69 bits per heavy atom. The average molecular weight is 472 g/mol. The maximum absolute atomic E-state index is 12.4. The number of amidine groups is 1. The Kier molecular flexibility index (Phi) is 6.84. The summed E-state index contributed by atoms with van der Waals surface area (Å²) >= 11 is 13.0. The fourth-order valence-electron chi connectivity index (χ4n) is 2.32. The highest BCUT2D eigenvalue weighted by Gasteiger charge is 2.28. The molecule has 1 N–H and O–H groups in total. The van der Waals surface area contributed by atoms with Gasteiger partial charge in [-0.25, -0.2) is 0 Å². The molecule has 1 saturated heterocycles. The van der Waals surface area contributed by atoms with Gasteiger partial charge >= 0.3 is 10.1 Å². The smallest absolute Gasteiger partial charge is 0.339 e. The molecule has 1 fully saturated rings. The Bertz CT molecular complexity index is 1100. The van der Waals surface area contributed by atoms with E-state index in [0.717, 1.165) is 0 Å². The molecule has 29 heavy (non-hydrogen) atoms. The normalized spacial score (nSPS) is 18.4. The van der Waals surface area contributed by atoms with E-state index in [2.05, 4.69) is 15.5 Å². The molecule has 1 amide bonds. The number of rotatable bonds is 6. The molecule has 0 bridgehead atoms. The number of benzene rings is 2. The molecule has 152 valence electrons. The zero-order valence-electron chi connectivity index (χ0n) is 15.0. The summed E-state index contributed by atoms with van der Waals surface area (Å²) in [5.74, 6) is 0.0108. The maximum Gasteiger partial charge on any atom is 0.339 e. The Labute approximate surface area is 182 Å². The second kappa shape index (κ2) is 9.17. The van der Waals surface area contributed by atoms with E-state index < -0.39 is 10.1 Å². The van der Waals surface area contributed by atoms with Gasteiger partial charge in [-0.05, 0) is 42.3 Å². The first kappa shape index (κ1) is 21.6. The fourth-order valence-corrected chi connectivity index (χ4v) is 4.49. The molecule has 2 aromatic carbocycles. The molecule has 0 unspecified atom stereocenters. The summed E-state index contributed by atoms with van der Waals surface area (Å²) in [7, 11) is -4.08. The molecule has 3 rings (SSSR count). The van der Waals surface area contributed by atoms with Crippen LogP contribution in [0.3, 0.4) is 0 Å². The molecule has 11 heteroatoms. The maximum atomic E-state index is 12.4. The van der Waals surface area contributed by atoms with E-state index in [1.54, 1.807) is 12.1 Å². The van der Waals surface area contributed by atoms with E-state index in [4.69, 9.17) is 27.4 Å². The number of halogens is 2. The second-order valence-electron chi connectivity index (χ2n) is 5.84. The highest BCUT2D eigenvalue weighted by Crippen LogP contribution is 2.27. The SMILES string of the molecule is CC[C@@H]1S/C(=N\N=C/c2cccc(OS(=O)(=O)c3ccc(Cl)c(Cl)c3)c2)NC1=O. The van der Waals surface area contributed by atoms with Crippen LogP contribution in [0.4, 0.5) is 0 Å². The predicted octanol–water partition coefficient (Wildman–Crippen LogP) is 4.09. The number of carbonyl (C=O) groups excluding carboxylic acids is 1. The van der Waals surface area contributed by atoms with Gasteiger partial charge in [0, 0.05) is 0 Å². The number of nitrogens with zero attached hydrogens (tertiary/aromatic N) is 2. The van der Waals surface area contributed by atoms with Crippen molar-refractivity contribution in [3.8, 4) is 5.75 Å². The van der Waals surface area contributed by atoms with Gasteiger partial charge < -0.3 is 9.50 Å². The monoisotopic (exact) mass is 471 g/mol. The minimum absolute atomic E-state index is 0.0886. The van der Waals surface area contributed by atoms with E-state index >= 15 is 0 Å². The molecule has 1 aliphatic heterocycles. The third kappa shape index (κ3) is 5.51. The molecule has 0 aliphatic carbocycles. The number of thioether (sulfide) groups is 1. The van der Waals surface area contributed by atoms with E-state index in [1.807, 2.05) is 6.92 Å². The molecular weight excluding hydrogens is 457 g/mol. The van der Waals surface area contributed by atoms with Crippen LogP contribution in [0.1, 0.15) is 18.9 Å². The van der Waals surface area contributed by atoms with Gasteiger partial charge in [0.2, 0.25) is 5.91 Å². The highest BCUT2D eigenvalue weighted by atomic mass is 35.5. The topological polar surface area (TPSA) is 97.2 Å². The first-order valence-corrected chi connectivity index (χ1v) is 11.4. The van der Waals surface area contributed by atoms with E-state index in [-0.39, 0.29) is 31.8 Å². The van der Waals surface area contributed by atoms with Crippen LogP contribution >= 0.6 is 35.0 Å². The van der Waals surface area contributed by atoms with Crippen LogP contribution in [0.15, 0.2) is 57.6 Å². The molecule has 0 aromatic heterocycles. The summed E-state index contributed by atoms with van der Waals surface area (Å²) in [5.41, 5.74) is 0.567. The van der Waals surface area contributed by atoms with Gasteiger partial charge in [0.15, 0.2) is 5.17 Å². The summed E-state index contributed by atoms with van der Waals surface area (Å²) in [6.07, 6.45) is 2.13. The lowest BCUT2D eigenvalue weighted by molar-refractivity contribution is -0.118. The minimum Gasteiger partial charge on any atom is -0.379 e. The zero-order chi connectivity index (χ0) is 21.0. The van der Waals surface area contributed by atoms with Gasteiger partial charge in [-0.15, -0.1) is 5.10 Å². The van der Waals surface area contributed by atoms with Crippen molar-refractivity contribution in [2.24, 2.45) is 10.2 Å². The van der Waals surface area contributed by atoms with Gasteiger partial charge in [-0.1, -0.05) is 54.0 Å². The van der Waals surface area contributed by atoms with Crippen molar-refractivity contribution in [2.75, 3.05) is 0 Å². The molecule has 1 aliphatic rings. The van der Waals surface area contributed by atoms with Crippen LogP contribution in [-0.2, 0) is 14.9 Å². The van der Waals surface area contributed by atoms with Crippen molar-refractivity contribution >= 4 is 62.4 Å². The van der Waals surface area contributed by atoms with Crippen LogP contribution in [0.25, 0.3) is 0 Å². The zero-order valence-corrected chi connectivity index (χ0v) is 18.1. The van der Waals surface area contributed by atoms with Crippen LogP contribution in [0.5, 0.6) is 5.75 Å². The summed E-state index contributed by atoms with van der Waals surface area (Å²) in [6, 6.07) is 10.2. The minimum atomic E-state index is -4.08. The van der Waals surface area contributed by atoms with Gasteiger partial charge in [0.25, 0.3) is 0 Å². The molecule has 0 spiro atoms. The quantitative estimate of drug-likeness (QED) is 0.388. The molecule has 2 aromatic rings. The lowest BCUT2D eigenvalue weighted by Crippen LogP contribution is -2.24. The summed E-state index contributed by atoms with van der Waals surface area (Å²) in [4.78, 5) is 11.5. The fraction of sp³-hybridized carbons (Fsp3) is 0.167. The number of nitrogens with one attached hydrogen (secondary N) is 1. The molecule has 0 saturated carbocycles. The van der Waals surface area contributed by atoms with Crippen molar-refractivity contribution in [3.05, 3.63) is 58.1 Å². The largest absolute Gasteiger partial charge is 0.379 e. The van der Waals surface area contributed by atoms with Crippen LogP contribution in [-0.4, -0.2) is 31.0 Å². The van der Waals surface area contributed by atoms with Crippen LogP contribution < -0.4 is 9.50 Å². The summed E-state index contributed by atoms with van der Waals surface area (Å²) < 4.78 is 30.0. The van der Waals surface area contributed by atoms with Crippen LogP contribution in [0, 0.1) is 0 Å². The van der Waals surface area contributed by atoms with E-state index in [0.29, 0.717) is 17.2 Å². The number of hydrogen-bond acceptors (Lipinski definition) is 7. The molecule has 1 atom stereocenters. The lowest BCUT2D eigenvalue weighted by atomic mass is 10.2. The van der Waals surface area contributed by atoms with Gasteiger partial charge in [0.05, 0.1) is 21.5 Å². The van der Waals surface area contributed by atoms with Crippen molar-refractivity contribution < 1.29 is 17.4 Å². The molecule has 7 nitrogen and oxygen atoms in total. The van der Waals surface area contributed by atoms with Gasteiger partial charge in [-0.2, -0.15) is 13.5 Å². The first-order chi connectivity index (χ1) is 13.8. The van der Waals surface area contributed by atoms with Crippen molar-refractivity contribution in [1.29, 1.82) is 0 Å². The molecule has 1 heterocycles. The van der Waals surface area contributed by atoms with Crippen molar-refractivity contribution in [3.63, 3.8) is 0 Å². The number of amides is 1. The summed E-state index contributed by atoms with van der Waals surface area (Å²) in [6.45, 7) is 1.92. The molecule has 0 radical (unpaired) electrons. The first-order valence-electron chi connectivity index (χ1n) is 8.36. The Hall–Kier alpha value is -2.07. The third-order valence-corrected chi connectivity index (χ3v) is 6.97. The average Bonchev–Trinajstić information content (AvgIpc) is 3.03. The Morgan fingerprint density at radius 1 is 1.21 bits per heavy atom. The highest BCUT2D eigenvalue weighted by molar-refractivity contribution is 8.15. The molecular formula is C18H15Cl2N3O4S2. The summed E-state index contributed by atoms with van der Waals surface area (Å²) in [5, 5.41) is 11.2. The second-order valence-corrected chi connectivity index (χ2v) is 9.39. The van der Waals surface area contributed by atoms with Crippen molar-refractivity contribution in [2.45, 2.75) is 23.5 Å². The lowest BCUT2D eigenvalue weighted by Gasteiger charge is -2.08. The number of carbonyl (C=O) groups is 1. The van der Waals surface area contributed by atoms with E-state index in [1.165, 1.54) is 48.3 Å². The van der Waals surface area contributed by atoms with Gasteiger partial charge in [-0.3, -0.25) is 4.79 Å². The van der Waals surface area contributed by atoms with Gasteiger partial charge in [0.1, 0.15) is 10.6 Å². The predicted molar refractivity (Wildman–Crippen MR) is 116 cm³/mol. The standard InChI is InChI=1S/C18H15Cl2N3O4S2/c1-2-16-17(24)22-18(28-16)23-21-10-11-4-3-5-12(8-11)27-29(25,26)13-6-7-14(19)15(20)9-13/h3-10,16H,2H2,1H3,(H,22,23,24)/b21-10-/t16-/m0/s1. The van der Waals surface area contributed by atoms with Crippen LogP contribution in [0.2, 0.25) is 10.0 Å². The third-order valence-electron chi connectivity index (χ3n) is 3.75. The van der Waals surface area contributed by atoms with E-state index in [9.17, 15) is 13.2 Å². The number of hydrogen-bond donors (Lipinski definition) is 1. The Balaban J connectivity index is 1.72. The van der Waals surface area contributed by atoms with Crippen molar-refractivity contribution in [1.82, 2.24) is 5.32 Å². The Morgan fingerprint density at radius 2 is 2.00 bits per heavy atom.